The molecule has 1 N–H and O–H groups in total. The van der Waals surface area contributed by atoms with Crippen molar-refractivity contribution in [3.8, 4) is 5.75 Å². The lowest BCUT2D eigenvalue weighted by Crippen LogP contribution is -2.37. The lowest BCUT2D eigenvalue weighted by atomic mass is 9.97. The first-order chi connectivity index (χ1) is 14.1. The van der Waals surface area contributed by atoms with Crippen molar-refractivity contribution in [3.63, 3.8) is 0 Å². The molecule has 0 spiro atoms. The van der Waals surface area contributed by atoms with Crippen molar-refractivity contribution in [3.05, 3.63) is 65.5 Å². The molecule has 6 nitrogen and oxygen atoms in total. The Morgan fingerprint density at radius 3 is 2.48 bits per heavy atom. The summed E-state index contributed by atoms with van der Waals surface area (Å²) in [5.74, 6) is -0.710. The van der Waals surface area contributed by atoms with Gasteiger partial charge < -0.3 is 14.7 Å². The van der Waals surface area contributed by atoms with Gasteiger partial charge >= 0.3 is 0 Å². The molecule has 6 heteroatoms. The molecule has 1 aliphatic heterocycles. The Hall–Kier alpha value is -3.15. The van der Waals surface area contributed by atoms with Gasteiger partial charge in [0.1, 0.15) is 17.6 Å². The van der Waals surface area contributed by atoms with Gasteiger partial charge in [0.25, 0.3) is 11.7 Å². The van der Waals surface area contributed by atoms with Gasteiger partial charge in [-0.2, -0.15) is 0 Å². The molecule has 150 valence electrons. The first-order valence-corrected chi connectivity index (χ1v) is 10.1. The quantitative estimate of drug-likeness (QED) is 0.475. The normalized spacial score (nSPS) is 21.7. The predicted octanol–water partition coefficient (Wildman–Crippen LogP) is 3.84. The van der Waals surface area contributed by atoms with Gasteiger partial charge in [0.2, 0.25) is 0 Å². The van der Waals surface area contributed by atoms with Crippen molar-refractivity contribution >= 4 is 17.4 Å². The van der Waals surface area contributed by atoms with E-state index in [0.717, 1.165) is 25.7 Å². The summed E-state index contributed by atoms with van der Waals surface area (Å²) in [6.45, 7) is 2.43. The standard InChI is InChI=1S/C23H24N2O4/c1-2-29-17-12-10-15(11-13-17)21(26)19-20(18-9-5-6-14-24-18)25(23(28)22(19)27)16-7-3-4-8-16/h5-6,9-14,16,20,26H,2-4,7-8H2,1H3/b21-19-. The van der Waals surface area contributed by atoms with Crippen LogP contribution in [0, 0.1) is 0 Å². The average Bonchev–Trinajstić information content (AvgIpc) is 3.36. The van der Waals surface area contributed by atoms with Gasteiger partial charge in [-0.1, -0.05) is 18.9 Å². The van der Waals surface area contributed by atoms with Crippen LogP contribution < -0.4 is 4.74 Å². The maximum absolute atomic E-state index is 13.0. The number of rotatable bonds is 5. The molecule has 4 rings (SSSR count). The van der Waals surface area contributed by atoms with E-state index in [9.17, 15) is 14.7 Å². The van der Waals surface area contributed by atoms with E-state index in [-0.39, 0.29) is 17.4 Å². The van der Waals surface area contributed by atoms with Gasteiger partial charge in [-0.05, 0) is 56.2 Å². The van der Waals surface area contributed by atoms with Crippen LogP contribution in [-0.2, 0) is 9.59 Å². The zero-order chi connectivity index (χ0) is 20.4. The lowest BCUT2D eigenvalue weighted by Gasteiger charge is -2.30. The topological polar surface area (TPSA) is 79.7 Å². The fourth-order valence-corrected chi connectivity index (χ4v) is 4.27. The SMILES string of the molecule is CCOc1ccc(/C(O)=C2/C(=O)C(=O)N(C3CCCC3)C2c2ccccn2)cc1. The van der Waals surface area contributed by atoms with Gasteiger partial charge in [0, 0.05) is 17.8 Å². The molecule has 1 aromatic carbocycles. The Labute approximate surface area is 169 Å². The molecule has 0 bridgehead atoms. The minimum absolute atomic E-state index is 0.0101. The molecule has 2 aromatic rings. The van der Waals surface area contributed by atoms with Gasteiger partial charge in [0.05, 0.1) is 17.9 Å². The molecule has 2 fully saturated rings. The van der Waals surface area contributed by atoms with Crippen LogP contribution in [0.15, 0.2) is 54.2 Å². The minimum atomic E-state index is -0.675. The molecular weight excluding hydrogens is 368 g/mol. The van der Waals surface area contributed by atoms with E-state index in [1.165, 1.54) is 0 Å². The van der Waals surface area contributed by atoms with Crippen LogP contribution in [0.5, 0.6) is 5.75 Å². The smallest absolute Gasteiger partial charge is 0.295 e. The second-order valence-electron chi connectivity index (χ2n) is 7.36. The van der Waals surface area contributed by atoms with E-state index in [1.54, 1.807) is 47.5 Å². The molecule has 1 aliphatic carbocycles. The number of ketones is 1. The largest absolute Gasteiger partial charge is 0.507 e. The molecule has 2 aliphatic rings. The highest BCUT2D eigenvalue weighted by atomic mass is 16.5. The zero-order valence-electron chi connectivity index (χ0n) is 16.4. The molecule has 1 amide bonds. The van der Waals surface area contributed by atoms with Gasteiger partial charge in [-0.15, -0.1) is 0 Å². The van der Waals surface area contributed by atoms with Crippen molar-refractivity contribution < 1.29 is 19.4 Å². The molecule has 1 unspecified atom stereocenters. The van der Waals surface area contributed by atoms with Crippen LogP contribution >= 0.6 is 0 Å². The maximum Gasteiger partial charge on any atom is 0.295 e. The van der Waals surface area contributed by atoms with Gasteiger partial charge in [-0.3, -0.25) is 14.6 Å². The monoisotopic (exact) mass is 392 g/mol. The van der Waals surface area contributed by atoms with E-state index >= 15 is 0 Å². The summed E-state index contributed by atoms with van der Waals surface area (Å²) in [5, 5.41) is 11.0. The predicted molar refractivity (Wildman–Crippen MR) is 108 cm³/mol. The summed E-state index contributed by atoms with van der Waals surface area (Å²) in [7, 11) is 0. The average molecular weight is 392 g/mol. The van der Waals surface area contributed by atoms with Crippen LogP contribution in [0.3, 0.4) is 0 Å². The number of likely N-dealkylation sites (tertiary alicyclic amines) is 1. The first kappa shape index (κ1) is 19.2. The first-order valence-electron chi connectivity index (χ1n) is 10.1. The highest BCUT2D eigenvalue weighted by Gasteiger charge is 2.49. The summed E-state index contributed by atoms with van der Waals surface area (Å²) in [6.07, 6.45) is 5.42. The number of aromatic nitrogens is 1. The van der Waals surface area contributed by atoms with Gasteiger partial charge in [-0.25, -0.2) is 0 Å². The van der Waals surface area contributed by atoms with Crippen LogP contribution in [-0.4, -0.2) is 39.3 Å². The summed E-state index contributed by atoms with van der Waals surface area (Å²) in [5.41, 5.74) is 1.16. The number of nitrogens with zero attached hydrogens (tertiary/aromatic N) is 2. The molecule has 2 heterocycles. The molecule has 1 aromatic heterocycles. The number of carbonyl (C=O) groups is 2. The Kier molecular flexibility index (Phi) is 5.34. The second kappa shape index (κ2) is 8.07. The minimum Gasteiger partial charge on any atom is -0.507 e. The molecule has 1 saturated carbocycles. The van der Waals surface area contributed by atoms with E-state index < -0.39 is 17.7 Å². The fourth-order valence-electron chi connectivity index (χ4n) is 4.27. The Bertz CT molecular complexity index is 931. The molecule has 0 radical (unpaired) electrons. The number of aliphatic hydroxyl groups excluding tert-OH is 1. The lowest BCUT2D eigenvalue weighted by molar-refractivity contribution is -0.141. The highest BCUT2D eigenvalue weighted by molar-refractivity contribution is 6.46. The van der Waals surface area contributed by atoms with Crippen LogP contribution in [0.4, 0.5) is 0 Å². The summed E-state index contributed by atoms with van der Waals surface area (Å²) in [6, 6.07) is 11.6. The third-order valence-electron chi connectivity index (χ3n) is 5.60. The number of pyridine rings is 1. The van der Waals surface area contributed by atoms with E-state index in [4.69, 9.17) is 4.74 Å². The molecule has 29 heavy (non-hydrogen) atoms. The van der Waals surface area contributed by atoms with Crippen LogP contribution in [0.1, 0.15) is 49.9 Å². The van der Waals surface area contributed by atoms with Crippen LogP contribution in [0.2, 0.25) is 0 Å². The van der Waals surface area contributed by atoms with Crippen molar-refractivity contribution in [1.29, 1.82) is 0 Å². The summed E-state index contributed by atoms with van der Waals surface area (Å²) < 4.78 is 5.44. The Morgan fingerprint density at radius 1 is 1.14 bits per heavy atom. The third kappa shape index (κ3) is 3.50. The van der Waals surface area contributed by atoms with E-state index in [2.05, 4.69) is 4.98 Å². The number of amides is 1. The number of ether oxygens (including phenoxy) is 1. The number of hydrogen-bond donors (Lipinski definition) is 1. The number of carbonyl (C=O) groups excluding carboxylic acids is 2. The summed E-state index contributed by atoms with van der Waals surface area (Å²) in [4.78, 5) is 32.0. The number of hydrogen-bond acceptors (Lipinski definition) is 5. The van der Waals surface area contributed by atoms with Crippen LogP contribution in [0.25, 0.3) is 5.76 Å². The Balaban J connectivity index is 1.81. The van der Waals surface area contributed by atoms with Crippen molar-refractivity contribution in [2.24, 2.45) is 0 Å². The van der Waals surface area contributed by atoms with E-state index in [0.29, 0.717) is 23.6 Å². The van der Waals surface area contributed by atoms with Gasteiger partial charge in [0.15, 0.2) is 0 Å². The maximum atomic E-state index is 13.0. The molecular formula is C23H24N2O4. The highest BCUT2D eigenvalue weighted by Crippen LogP contribution is 2.42. The summed E-state index contributed by atoms with van der Waals surface area (Å²) >= 11 is 0. The number of Topliss-reactive ketones (excluding diaryl/α,β-unsaturated/α-hetero) is 1. The number of aliphatic hydroxyl groups is 1. The molecule has 1 atom stereocenters. The number of benzene rings is 1. The second-order valence-corrected chi connectivity index (χ2v) is 7.36. The van der Waals surface area contributed by atoms with Crippen molar-refractivity contribution in [1.82, 2.24) is 9.88 Å². The fraction of sp³-hybridized carbons (Fsp3) is 0.348. The zero-order valence-corrected chi connectivity index (χ0v) is 16.4. The van der Waals surface area contributed by atoms with E-state index in [1.807, 2.05) is 13.0 Å². The Morgan fingerprint density at radius 2 is 1.86 bits per heavy atom. The molecule has 1 saturated heterocycles. The third-order valence-corrected chi connectivity index (χ3v) is 5.60. The van der Waals surface area contributed by atoms with Crippen molar-refractivity contribution in [2.75, 3.05) is 6.61 Å². The van der Waals surface area contributed by atoms with Crippen molar-refractivity contribution in [2.45, 2.75) is 44.7 Å².